The molecule has 0 saturated carbocycles. The van der Waals surface area contributed by atoms with Gasteiger partial charge >= 0.3 is 0 Å². The molecule has 0 atom stereocenters. The van der Waals surface area contributed by atoms with Crippen LogP contribution < -0.4 is 10.5 Å². The van der Waals surface area contributed by atoms with E-state index in [1.165, 1.54) is 0 Å². The van der Waals surface area contributed by atoms with Gasteiger partial charge in [-0.1, -0.05) is 19.9 Å². The summed E-state index contributed by atoms with van der Waals surface area (Å²) in [4.78, 5) is 0. The predicted molar refractivity (Wildman–Crippen MR) is 76.2 cm³/mol. The van der Waals surface area contributed by atoms with Gasteiger partial charge in [0.1, 0.15) is 5.75 Å². The smallest absolute Gasteiger partial charge is 0.124 e. The molecule has 4 heteroatoms. The third-order valence-corrected chi connectivity index (χ3v) is 2.66. The number of nitrogens with two attached hydrogens (primary N) is 1. The highest BCUT2D eigenvalue weighted by Crippen LogP contribution is 2.20. The van der Waals surface area contributed by atoms with Crippen LogP contribution in [0.5, 0.6) is 5.75 Å². The Balaban J connectivity index is 2.35. The number of hydrogen-bond donors (Lipinski definition) is 1. The van der Waals surface area contributed by atoms with Gasteiger partial charge in [-0.25, -0.2) is 0 Å². The van der Waals surface area contributed by atoms with Crippen molar-refractivity contribution in [2.24, 2.45) is 11.7 Å². The lowest BCUT2D eigenvalue weighted by Gasteiger charge is -2.11. The van der Waals surface area contributed by atoms with Crippen molar-refractivity contribution >= 4 is 0 Å². The van der Waals surface area contributed by atoms with Crippen molar-refractivity contribution in [1.82, 2.24) is 0 Å². The highest BCUT2D eigenvalue weighted by atomic mass is 16.5. The van der Waals surface area contributed by atoms with E-state index in [-0.39, 0.29) is 0 Å². The van der Waals surface area contributed by atoms with Crippen molar-refractivity contribution in [3.63, 3.8) is 0 Å². The van der Waals surface area contributed by atoms with Crippen molar-refractivity contribution < 1.29 is 14.2 Å². The average Bonchev–Trinajstić information content (AvgIpc) is 2.42. The summed E-state index contributed by atoms with van der Waals surface area (Å²) in [5, 5.41) is 0. The Morgan fingerprint density at radius 2 is 1.89 bits per heavy atom. The molecule has 108 valence electrons. The van der Waals surface area contributed by atoms with Gasteiger partial charge in [0, 0.05) is 18.7 Å². The molecule has 0 amide bonds. The van der Waals surface area contributed by atoms with Gasteiger partial charge < -0.3 is 19.9 Å². The Morgan fingerprint density at radius 1 is 1.16 bits per heavy atom. The number of benzene rings is 1. The molecule has 0 heterocycles. The fourth-order valence-electron chi connectivity index (χ4n) is 1.69. The largest absolute Gasteiger partial charge is 0.496 e. The molecule has 0 bridgehead atoms. The number of hydrogen-bond acceptors (Lipinski definition) is 4. The standard InChI is InChI=1S/C15H25NO3/c1-12(2)10-18-6-7-19-11-14-8-13(9-16)4-5-15(14)17-3/h4-5,8,12H,6-7,9-11,16H2,1-3H3. The monoisotopic (exact) mass is 267 g/mol. The SMILES string of the molecule is COc1ccc(CN)cc1COCCOCC(C)C. The topological polar surface area (TPSA) is 53.7 Å². The third kappa shape index (κ3) is 6.05. The van der Waals surface area contributed by atoms with E-state index in [2.05, 4.69) is 13.8 Å². The molecule has 0 aliphatic heterocycles. The summed E-state index contributed by atoms with van der Waals surface area (Å²) in [7, 11) is 1.66. The minimum absolute atomic E-state index is 0.516. The average molecular weight is 267 g/mol. The first-order chi connectivity index (χ1) is 9.17. The second-order valence-electron chi connectivity index (χ2n) is 4.87. The van der Waals surface area contributed by atoms with E-state index in [0.717, 1.165) is 23.5 Å². The van der Waals surface area contributed by atoms with Crippen LogP contribution in [0.2, 0.25) is 0 Å². The van der Waals surface area contributed by atoms with Crippen LogP contribution in [0.4, 0.5) is 0 Å². The molecule has 1 aromatic rings. The van der Waals surface area contributed by atoms with Gasteiger partial charge in [0.25, 0.3) is 0 Å². The maximum atomic E-state index is 5.63. The lowest BCUT2D eigenvalue weighted by Crippen LogP contribution is -2.09. The molecule has 0 spiro atoms. The third-order valence-electron chi connectivity index (χ3n) is 2.66. The van der Waals surface area contributed by atoms with Gasteiger partial charge in [-0.05, 0) is 23.6 Å². The Bertz CT molecular complexity index is 366. The fraction of sp³-hybridized carbons (Fsp3) is 0.600. The fourth-order valence-corrected chi connectivity index (χ4v) is 1.69. The van der Waals surface area contributed by atoms with E-state index in [0.29, 0.717) is 32.3 Å². The van der Waals surface area contributed by atoms with E-state index in [9.17, 15) is 0 Å². The van der Waals surface area contributed by atoms with Crippen LogP contribution in [0.25, 0.3) is 0 Å². The molecule has 2 N–H and O–H groups in total. The van der Waals surface area contributed by atoms with E-state index in [1.54, 1.807) is 7.11 Å². The first kappa shape index (κ1) is 16.0. The number of methoxy groups -OCH3 is 1. The zero-order chi connectivity index (χ0) is 14.1. The van der Waals surface area contributed by atoms with Crippen molar-refractivity contribution in [2.75, 3.05) is 26.9 Å². The summed E-state index contributed by atoms with van der Waals surface area (Å²) in [6.45, 7) is 7.28. The molecule has 0 aliphatic carbocycles. The van der Waals surface area contributed by atoms with Gasteiger partial charge in [0.15, 0.2) is 0 Å². The van der Waals surface area contributed by atoms with Gasteiger partial charge in [-0.3, -0.25) is 0 Å². The predicted octanol–water partition coefficient (Wildman–Crippen LogP) is 2.34. The molecule has 0 radical (unpaired) electrons. The minimum Gasteiger partial charge on any atom is -0.496 e. The Hall–Kier alpha value is -1.10. The lowest BCUT2D eigenvalue weighted by molar-refractivity contribution is 0.0309. The first-order valence-corrected chi connectivity index (χ1v) is 6.68. The maximum Gasteiger partial charge on any atom is 0.124 e. The Morgan fingerprint density at radius 3 is 2.53 bits per heavy atom. The van der Waals surface area contributed by atoms with Gasteiger partial charge in [0.05, 0.1) is 26.9 Å². The molecule has 1 aromatic carbocycles. The Kier molecular flexibility index (Phi) is 7.48. The summed E-state index contributed by atoms with van der Waals surface area (Å²) in [6, 6.07) is 5.91. The van der Waals surface area contributed by atoms with E-state index < -0.39 is 0 Å². The van der Waals surface area contributed by atoms with Gasteiger partial charge in [0.2, 0.25) is 0 Å². The van der Waals surface area contributed by atoms with Gasteiger partial charge in [-0.2, -0.15) is 0 Å². The molecule has 19 heavy (non-hydrogen) atoms. The van der Waals surface area contributed by atoms with Crippen LogP contribution in [0, 0.1) is 5.92 Å². The van der Waals surface area contributed by atoms with Crippen LogP contribution >= 0.6 is 0 Å². The van der Waals surface area contributed by atoms with Crippen molar-refractivity contribution in [3.05, 3.63) is 29.3 Å². The molecule has 0 aromatic heterocycles. The van der Waals surface area contributed by atoms with E-state index >= 15 is 0 Å². The van der Waals surface area contributed by atoms with Crippen molar-refractivity contribution in [1.29, 1.82) is 0 Å². The zero-order valence-corrected chi connectivity index (χ0v) is 12.1. The van der Waals surface area contributed by atoms with Crippen LogP contribution in [-0.2, 0) is 22.6 Å². The van der Waals surface area contributed by atoms with Crippen LogP contribution in [-0.4, -0.2) is 26.9 Å². The summed E-state index contributed by atoms with van der Waals surface area (Å²) < 4.78 is 16.4. The van der Waals surface area contributed by atoms with Gasteiger partial charge in [-0.15, -0.1) is 0 Å². The van der Waals surface area contributed by atoms with E-state index in [4.69, 9.17) is 19.9 Å². The molecular formula is C15H25NO3. The molecular weight excluding hydrogens is 242 g/mol. The molecule has 0 aliphatic rings. The summed E-state index contributed by atoms with van der Waals surface area (Å²) in [5.41, 5.74) is 7.73. The summed E-state index contributed by atoms with van der Waals surface area (Å²) in [6.07, 6.45) is 0. The van der Waals surface area contributed by atoms with Crippen LogP contribution in [0.3, 0.4) is 0 Å². The summed E-state index contributed by atoms with van der Waals surface area (Å²) in [5.74, 6) is 1.39. The lowest BCUT2D eigenvalue weighted by atomic mass is 10.1. The van der Waals surface area contributed by atoms with Crippen molar-refractivity contribution in [2.45, 2.75) is 27.0 Å². The quantitative estimate of drug-likeness (QED) is 0.698. The number of ether oxygens (including phenoxy) is 3. The minimum atomic E-state index is 0.516. The second kappa shape index (κ2) is 8.91. The zero-order valence-electron chi connectivity index (χ0n) is 12.1. The second-order valence-corrected chi connectivity index (χ2v) is 4.87. The summed E-state index contributed by atoms with van der Waals surface area (Å²) >= 11 is 0. The van der Waals surface area contributed by atoms with E-state index in [1.807, 2.05) is 18.2 Å². The molecule has 0 unspecified atom stereocenters. The van der Waals surface area contributed by atoms with Crippen LogP contribution in [0.15, 0.2) is 18.2 Å². The molecule has 0 fully saturated rings. The van der Waals surface area contributed by atoms with Crippen molar-refractivity contribution in [3.8, 4) is 5.75 Å². The molecule has 4 nitrogen and oxygen atoms in total. The number of rotatable bonds is 9. The molecule has 0 saturated heterocycles. The molecule has 1 rings (SSSR count). The highest BCUT2D eigenvalue weighted by Gasteiger charge is 2.04. The van der Waals surface area contributed by atoms with Crippen LogP contribution in [0.1, 0.15) is 25.0 Å². The highest BCUT2D eigenvalue weighted by molar-refractivity contribution is 5.36. The maximum absolute atomic E-state index is 5.63. The normalized spacial score (nSPS) is 11.0. The Labute approximate surface area is 115 Å². The first-order valence-electron chi connectivity index (χ1n) is 6.68.